The van der Waals surface area contributed by atoms with Gasteiger partial charge in [0.15, 0.2) is 0 Å². The minimum atomic E-state index is -0.362. The maximum atomic E-state index is 13.6. The van der Waals surface area contributed by atoms with Gasteiger partial charge in [0.05, 0.1) is 6.42 Å². The molecular formula is C22H21FN2O. The SMILES string of the molecule is CCN(c1ccccc1)c1ccc(NC(=O)Cc2ccccc2F)cc1. The van der Waals surface area contributed by atoms with E-state index in [1.54, 1.807) is 18.2 Å². The first-order chi connectivity index (χ1) is 12.7. The highest BCUT2D eigenvalue weighted by Crippen LogP contribution is 2.26. The van der Waals surface area contributed by atoms with E-state index < -0.39 is 0 Å². The fourth-order valence-electron chi connectivity index (χ4n) is 2.87. The number of para-hydroxylation sites is 1. The first-order valence-electron chi connectivity index (χ1n) is 8.63. The zero-order valence-corrected chi connectivity index (χ0v) is 14.7. The Labute approximate surface area is 153 Å². The van der Waals surface area contributed by atoms with Crippen molar-refractivity contribution in [1.82, 2.24) is 0 Å². The predicted molar refractivity (Wildman–Crippen MR) is 104 cm³/mol. The molecule has 1 amide bonds. The number of carbonyl (C=O) groups excluding carboxylic acids is 1. The molecule has 3 aromatic rings. The van der Waals surface area contributed by atoms with Gasteiger partial charge < -0.3 is 10.2 Å². The Balaban J connectivity index is 1.67. The topological polar surface area (TPSA) is 32.3 Å². The van der Waals surface area contributed by atoms with Crippen molar-refractivity contribution in [2.75, 3.05) is 16.8 Å². The van der Waals surface area contributed by atoms with E-state index in [1.165, 1.54) is 6.07 Å². The van der Waals surface area contributed by atoms with Crippen LogP contribution >= 0.6 is 0 Å². The minimum absolute atomic E-state index is 0.0134. The number of anilines is 3. The third kappa shape index (κ3) is 4.28. The second-order valence-electron chi connectivity index (χ2n) is 5.94. The number of amides is 1. The summed E-state index contributed by atoms with van der Waals surface area (Å²) < 4.78 is 13.6. The largest absolute Gasteiger partial charge is 0.342 e. The van der Waals surface area contributed by atoms with Crippen LogP contribution in [-0.4, -0.2) is 12.5 Å². The molecule has 0 aliphatic carbocycles. The molecule has 0 atom stereocenters. The van der Waals surface area contributed by atoms with Crippen LogP contribution in [0.2, 0.25) is 0 Å². The van der Waals surface area contributed by atoms with Gasteiger partial charge in [0.25, 0.3) is 0 Å². The summed E-state index contributed by atoms with van der Waals surface area (Å²) in [5.41, 5.74) is 3.25. The van der Waals surface area contributed by atoms with Crippen molar-refractivity contribution in [3.05, 3.63) is 90.2 Å². The smallest absolute Gasteiger partial charge is 0.228 e. The van der Waals surface area contributed by atoms with Crippen molar-refractivity contribution in [3.8, 4) is 0 Å². The van der Waals surface area contributed by atoms with E-state index in [4.69, 9.17) is 0 Å². The summed E-state index contributed by atoms with van der Waals surface area (Å²) in [5.74, 6) is -0.599. The number of hydrogen-bond donors (Lipinski definition) is 1. The van der Waals surface area contributed by atoms with Crippen molar-refractivity contribution >= 4 is 23.0 Å². The second-order valence-corrected chi connectivity index (χ2v) is 5.94. The molecule has 3 rings (SSSR count). The van der Waals surface area contributed by atoms with Crippen LogP contribution in [0.5, 0.6) is 0 Å². The molecule has 0 saturated carbocycles. The molecule has 0 unspecified atom stereocenters. The van der Waals surface area contributed by atoms with E-state index in [9.17, 15) is 9.18 Å². The quantitative estimate of drug-likeness (QED) is 0.667. The number of nitrogens with one attached hydrogen (secondary N) is 1. The van der Waals surface area contributed by atoms with Gasteiger partial charge in [0, 0.05) is 23.6 Å². The van der Waals surface area contributed by atoms with E-state index in [0.717, 1.165) is 17.9 Å². The maximum absolute atomic E-state index is 13.6. The molecule has 0 saturated heterocycles. The lowest BCUT2D eigenvalue weighted by Gasteiger charge is -2.23. The molecule has 0 aromatic heterocycles. The van der Waals surface area contributed by atoms with E-state index >= 15 is 0 Å². The Hall–Kier alpha value is -3.14. The Kier molecular flexibility index (Phi) is 5.64. The molecule has 0 bridgehead atoms. The van der Waals surface area contributed by atoms with Gasteiger partial charge in [-0.1, -0.05) is 36.4 Å². The average Bonchev–Trinajstić information content (AvgIpc) is 2.66. The normalized spacial score (nSPS) is 10.4. The van der Waals surface area contributed by atoms with Gasteiger partial charge in [0.2, 0.25) is 5.91 Å². The summed E-state index contributed by atoms with van der Waals surface area (Å²) in [6, 6.07) is 24.1. The van der Waals surface area contributed by atoms with Gasteiger partial charge in [-0.3, -0.25) is 4.79 Å². The van der Waals surface area contributed by atoms with Crippen LogP contribution in [-0.2, 0) is 11.2 Å². The molecule has 132 valence electrons. The lowest BCUT2D eigenvalue weighted by atomic mass is 10.1. The van der Waals surface area contributed by atoms with Crippen molar-refractivity contribution < 1.29 is 9.18 Å². The highest BCUT2D eigenvalue weighted by Gasteiger charge is 2.09. The summed E-state index contributed by atoms with van der Waals surface area (Å²) >= 11 is 0. The van der Waals surface area contributed by atoms with Crippen LogP contribution in [0, 0.1) is 5.82 Å². The number of benzene rings is 3. The standard InChI is InChI=1S/C22H21FN2O/c1-2-25(19-9-4-3-5-10-19)20-14-12-18(13-15-20)24-22(26)16-17-8-6-7-11-21(17)23/h3-15H,2,16H2,1H3,(H,24,26). The molecule has 4 heteroatoms. The summed E-state index contributed by atoms with van der Waals surface area (Å²) in [5, 5.41) is 2.82. The summed E-state index contributed by atoms with van der Waals surface area (Å²) in [7, 11) is 0. The Morgan fingerprint density at radius 3 is 2.15 bits per heavy atom. The molecule has 0 radical (unpaired) electrons. The van der Waals surface area contributed by atoms with Gasteiger partial charge in [-0.05, 0) is 55.0 Å². The Morgan fingerprint density at radius 2 is 1.50 bits per heavy atom. The van der Waals surface area contributed by atoms with Crippen LogP contribution in [0.1, 0.15) is 12.5 Å². The van der Waals surface area contributed by atoms with Crippen molar-refractivity contribution in [1.29, 1.82) is 0 Å². The lowest BCUT2D eigenvalue weighted by Crippen LogP contribution is -2.17. The molecule has 3 nitrogen and oxygen atoms in total. The third-order valence-corrected chi connectivity index (χ3v) is 4.16. The van der Waals surface area contributed by atoms with E-state index in [0.29, 0.717) is 11.3 Å². The van der Waals surface area contributed by atoms with Gasteiger partial charge in [-0.25, -0.2) is 4.39 Å². The summed E-state index contributed by atoms with van der Waals surface area (Å²) in [6.45, 7) is 2.93. The highest BCUT2D eigenvalue weighted by atomic mass is 19.1. The molecule has 3 aromatic carbocycles. The number of rotatable bonds is 6. The number of nitrogens with zero attached hydrogens (tertiary/aromatic N) is 1. The number of halogens is 1. The molecule has 1 N–H and O–H groups in total. The molecule has 0 heterocycles. The van der Waals surface area contributed by atoms with Gasteiger partial charge in [-0.15, -0.1) is 0 Å². The van der Waals surface area contributed by atoms with Crippen LogP contribution in [0.3, 0.4) is 0 Å². The average molecular weight is 348 g/mol. The first kappa shape index (κ1) is 17.7. The van der Waals surface area contributed by atoms with Gasteiger partial charge in [-0.2, -0.15) is 0 Å². The predicted octanol–water partition coefficient (Wildman–Crippen LogP) is 5.16. The Morgan fingerprint density at radius 1 is 0.885 bits per heavy atom. The van der Waals surface area contributed by atoms with Crippen LogP contribution < -0.4 is 10.2 Å². The zero-order valence-electron chi connectivity index (χ0n) is 14.7. The number of hydrogen-bond acceptors (Lipinski definition) is 2. The molecule has 0 aliphatic rings. The zero-order chi connectivity index (χ0) is 18.4. The Bertz CT molecular complexity index is 863. The van der Waals surface area contributed by atoms with Crippen LogP contribution in [0.15, 0.2) is 78.9 Å². The fraction of sp³-hybridized carbons (Fsp3) is 0.136. The molecule has 0 fully saturated rings. The number of carbonyl (C=O) groups is 1. The van der Waals surface area contributed by atoms with E-state index in [-0.39, 0.29) is 18.1 Å². The maximum Gasteiger partial charge on any atom is 0.228 e. The second kappa shape index (κ2) is 8.30. The summed E-state index contributed by atoms with van der Waals surface area (Å²) in [6.07, 6.45) is 0.0134. The molecule has 0 spiro atoms. The molecular weight excluding hydrogens is 327 g/mol. The van der Waals surface area contributed by atoms with Gasteiger partial charge >= 0.3 is 0 Å². The molecule has 0 aliphatic heterocycles. The molecule has 26 heavy (non-hydrogen) atoms. The van der Waals surface area contributed by atoms with E-state index in [1.807, 2.05) is 42.5 Å². The monoisotopic (exact) mass is 348 g/mol. The highest BCUT2D eigenvalue weighted by molar-refractivity contribution is 5.92. The van der Waals surface area contributed by atoms with E-state index in [2.05, 4.69) is 29.3 Å². The van der Waals surface area contributed by atoms with Crippen molar-refractivity contribution in [3.63, 3.8) is 0 Å². The summed E-state index contributed by atoms with van der Waals surface area (Å²) in [4.78, 5) is 14.3. The van der Waals surface area contributed by atoms with Crippen LogP contribution in [0.25, 0.3) is 0 Å². The third-order valence-electron chi connectivity index (χ3n) is 4.16. The van der Waals surface area contributed by atoms with Gasteiger partial charge in [0.1, 0.15) is 5.82 Å². The van der Waals surface area contributed by atoms with Crippen molar-refractivity contribution in [2.45, 2.75) is 13.3 Å². The fourth-order valence-corrected chi connectivity index (χ4v) is 2.87. The van der Waals surface area contributed by atoms with Crippen molar-refractivity contribution in [2.24, 2.45) is 0 Å². The lowest BCUT2D eigenvalue weighted by molar-refractivity contribution is -0.115. The minimum Gasteiger partial charge on any atom is -0.342 e. The first-order valence-corrected chi connectivity index (χ1v) is 8.63. The van der Waals surface area contributed by atoms with Crippen LogP contribution in [0.4, 0.5) is 21.5 Å².